The van der Waals surface area contributed by atoms with Crippen molar-refractivity contribution < 1.29 is 19.0 Å². The number of nitrogens with zero attached hydrogens (tertiary/aromatic N) is 1. The Bertz CT molecular complexity index is 383. The van der Waals surface area contributed by atoms with Gasteiger partial charge in [0.05, 0.1) is 0 Å². The predicted molar refractivity (Wildman–Crippen MR) is 70.4 cm³/mol. The summed E-state index contributed by atoms with van der Waals surface area (Å²) in [5.41, 5.74) is 0.205. The van der Waals surface area contributed by atoms with Gasteiger partial charge in [-0.15, -0.1) is 0 Å². The Morgan fingerprint density at radius 2 is 1.89 bits per heavy atom. The molecule has 1 saturated heterocycles. The smallest absolute Gasteiger partial charge is 0.333 e. The van der Waals surface area contributed by atoms with Crippen molar-refractivity contribution in [2.75, 3.05) is 27.3 Å². The fourth-order valence-corrected chi connectivity index (χ4v) is 2.80. The van der Waals surface area contributed by atoms with Crippen LogP contribution in [0.5, 0.6) is 0 Å². The van der Waals surface area contributed by atoms with Gasteiger partial charge in [-0.2, -0.15) is 0 Å². The van der Waals surface area contributed by atoms with E-state index in [0.717, 1.165) is 18.8 Å². The molecule has 2 heterocycles. The average Bonchev–Trinajstić information content (AvgIpc) is 2.90. The number of esters is 1. The van der Waals surface area contributed by atoms with Gasteiger partial charge in [-0.05, 0) is 26.7 Å². The lowest BCUT2D eigenvalue weighted by Crippen LogP contribution is -2.57. The first-order valence-electron chi connectivity index (χ1n) is 6.73. The fourth-order valence-electron chi connectivity index (χ4n) is 2.80. The van der Waals surface area contributed by atoms with Gasteiger partial charge < -0.3 is 19.1 Å². The molecule has 2 rings (SSSR count). The van der Waals surface area contributed by atoms with Gasteiger partial charge in [0.25, 0.3) is 0 Å². The second-order valence-corrected chi connectivity index (χ2v) is 5.51. The van der Waals surface area contributed by atoms with Crippen molar-refractivity contribution in [2.24, 2.45) is 0 Å². The van der Waals surface area contributed by atoms with Crippen molar-refractivity contribution in [2.45, 2.75) is 44.5 Å². The van der Waals surface area contributed by atoms with Crippen LogP contribution in [-0.4, -0.2) is 49.6 Å². The zero-order valence-corrected chi connectivity index (χ0v) is 12.2. The predicted octanol–water partition coefficient (Wildman–Crippen LogP) is 1.68. The monoisotopic (exact) mass is 269 g/mol. The van der Waals surface area contributed by atoms with E-state index >= 15 is 0 Å². The molecule has 0 aromatic rings. The van der Waals surface area contributed by atoms with Crippen LogP contribution in [0.4, 0.5) is 0 Å². The summed E-state index contributed by atoms with van der Waals surface area (Å²) in [4.78, 5) is 14.1. The van der Waals surface area contributed by atoms with Crippen LogP contribution in [0.15, 0.2) is 11.8 Å². The van der Waals surface area contributed by atoms with Crippen LogP contribution < -0.4 is 0 Å². The molecule has 2 aliphatic rings. The van der Waals surface area contributed by atoms with Crippen molar-refractivity contribution in [3.8, 4) is 0 Å². The molecule has 1 unspecified atom stereocenters. The largest absolute Gasteiger partial charge is 0.450 e. The van der Waals surface area contributed by atoms with E-state index in [0.29, 0.717) is 6.42 Å². The van der Waals surface area contributed by atoms with Gasteiger partial charge in [-0.25, -0.2) is 4.79 Å². The molecule has 5 heteroatoms. The molecule has 1 atom stereocenters. The third-order valence-corrected chi connectivity index (χ3v) is 4.38. The number of carbonyl (C=O) groups excluding carboxylic acids is 1. The number of hydrogen-bond acceptors (Lipinski definition) is 5. The lowest BCUT2D eigenvalue weighted by atomic mass is 9.88. The van der Waals surface area contributed by atoms with E-state index < -0.39 is 11.4 Å². The van der Waals surface area contributed by atoms with Gasteiger partial charge in [-0.1, -0.05) is 0 Å². The second kappa shape index (κ2) is 5.13. The highest BCUT2D eigenvalue weighted by atomic mass is 16.7. The molecule has 0 N–H and O–H groups in total. The van der Waals surface area contributed by atoms with Crippen molar-refractivity contribution in [1.82, 2.24) is 4.90 Å². The highest BCUT2D eigenvalue weighted by Gasteiger charge is 2.51. The summed E-state index contributed by atoms with van der Waals surface area (Å²) in [6, 6.07) is 0. The van der Waals surface area contributed by atoms with Crippen LogP contribution in [0.2, 0.25) is 0 Å². The average molecular weight is 269 g/mol. The summed E-state index contributed by atoms with van der Waals surface area (Å²) in [5, 5.41) is 0. The van der Waals surface area contributed by atoms with E-state index in [9.17, 15) is 4.79 Å². The summed E-state index contributed by atoms with van der Waals surface area (Å²) in [6.07, 6.45) is 4.56. The number of methoxy groups -OCH3 is 2. The van der Waals surface area contributed by atoms with Crippen LogP contribution in [-0.2, 0) is 19.0 Å². The minimum absolute atomic E-state index is 0.323. The summed E-state index contributed by atoms with van der Waals surface area (Å²) >= 11 is 0. The van der Waals surface area contributed by atoms with Crippen molar-refractivity contribution in [3.63, 3.8) is 0 Å². The quantitative estimate of drug-likeness (QED) is 0.574. The highest BCUT2D eigenvalue weighted by Crippen LogP contribution is 2.39. The summed E-state index contributed by atoms with van der Waals surface area (Å²) in [5.74, 6) is -1.28. The lowest BCUT2D eigenvalue weighted by molar-refractivity contribution is -0.292. The number of hydrogen-bond donors (Lipinski definition) is 0. The molecule has 0 saturated carbocycles. The molecule has 19 heavy (non-hydrogen) atoms. The Balaban J connectivity index is 2.25. The zero-order chi connectivity index (χ0) is 14.1. The van der Waals surface area contributed by atoms with Gasteiger partial charge >= 0.3 is 5.97 Å². The first kappa shape index (κ1) is 14.3. The molecule has 0 aliphatic carbocycles. The zero-order valence-electron chi connectivity index (χ0n) is 12.2. The Hall–Kier alpha value is -1.07. The number of cyclic esters (lactones) is 1. The molecule has 0 radical (unpaired) electrons. The number of rotatable bonds is 4. The highest BCUT2D eigenvalue weighted by molar-refractivity contribution is 5.84. The molecule has 108 valence electrons. The third kappa shape index (κ3) is 2.49. The van der Waals surface area contributed by atoms with Crippen molar-refractivity contribution in [1.29, 1.82) is 0 Å². The lowest BCUT2D eigenvalue weighted by Gasteiger charge is -2.46. The number of ether oxygens (including phenoxy) is 3. The van der Waals surface area contributed by atoms with Gasteiger partial charge in [0.15, 0.2) is 5.60 Å². The third-order valence-electron chi connectivity index (χ3n) is 4.38. The molecular weight excluding hydrogens is 246 g/mol. The van der Waals surface area contributed by atoms with E-state index in [1.54, 1.807) is 27.2 Å². The van der Waals surface area contributed by atoms with Crippen LogP contribution in [0.3, 0.4) is 0 Å². The van der Waals surface area contributed by atoms with E-state index in [1.165, 1.54) is 12.8 Å². The molecule has 5 nitrogen and oxygen atoms in total. The van der Waals surface area contributed by atoms with Gasteiger partial charge in [0, 0.05) is 45.5 Å². The van der Waals surface area contributed by atoms with Crippen molar-refractivity contribution in [3.05, 3.63) is 11.8 Å². The molecule has 0 aromatic carbocycles. The first-order valence-corrected chi connectivity index (χ1v) is 6.73. The van der Waals surface area contributed by atoms with Gasteiger partial charge in [-0.3, -0.25) is 0 Å². The van der Waals surface area contributed by atoms with Gasteiger partial charge in [0.1, 0.15) is 0 Å². The Morgan fingerprint density at radius 1 is 1.32 bits per heavy atom. The fraction of sp³-hybridized carbons (Fsp3) is 0.786. The second-order valence-electron chi connectivity index (χ2n) is 5.51. The summed E-state index contributed by atoms with van der Waals surface area (Å²) in [7, 11) is 3.13. The Kier molecular flexibility index (Phi) is 3.87. The van der Waals surface area contributed by atoms with Crippen LogP contribution in [0.1, 0.15) is 33.1 Å². The van der Waals surface area contributed by atoms with Crippen molar-refractivity contribution >= 4 is 5.97 Å². The topological polar surface area (TPSA) is 48.0 Å². The maximum Gasteiger partial charge on any atom is 0.333 e. The SMILES string of the molecule is COC(C)(OC)C1(C)CC(N2CCCC2)=CC(=O)O1. The van der Waals surface area contributed by atoms with E-state index in [-0.39, 0.29) is 5.97 Å². The summed E-state index contributed by atoms with van der Waals surface area (Å²) < 4.78 is 16.4. The van der Waals surface area contributed by atoms with Gasteiger partial charge in [0.2, 0.25) is 5.79 Å². The standard InChI is InChI=1S/C14H23NO4/c1-13(14(2,17-3)18-4)10-11(9-12(16)19-13)15-7-5-6-8-15/h9H,5-8,10H2,1-4H3. The molecule has 0 aromatic heterocycles. The number of likely N-dealkylation sites (tertiary alicyclic amines) is 1. The van der Waals surface area contributed by atoms with Crippen LogP contribution in [0, 0.1) is 0 Å². The van der Waals surface area contributed by atoms with Crippen LogP contribution >= 0.6 is 0 Å². The summed E-state index contributed by atoms with van der Waals surface area (Å²) in [6.45, 7) is 5.67. The van der Waals surface area contributed by atoms with Crippen LogP contribution in [0.25, 0.3) is 0 Å². The Labute approximate surface area is 114 Å². The minimum Gasteiger partial charge on any atom is -0.450 e. The first-order chi connectivity index (χ1) is 8.94. The van der Waals surface area contributed by atoms with E-state index in [2.05, 4.69) is 4.90 Å². The molecule has 0 amide bonds. The van der Waals surface area contributed by atoms with E-state index in [1.807, 2.05) is 6.92 Å². The van der Waals surface area contributed by atoms with E-state index in [4.69, 9.17) is 14.2 Å². The normalized spacial score (nSPS) is 28.3. The number of carbonyl (C=O) groups is 1. The molecule has 2 aliphatic heterocycles. The maximum atomic E-state index is 11.9. The Morgan fingerprint density at radius 3 is 2.42 bits per heavy atom. The maximum absolute atomic E-state index is 11.9. The molecule has 0 bridgehead atoms. The molecule has 0 spiro atoms. The minimum atomic E-state index is -0.956. The molecule has 1 fully saturated rings. The molecular formula is C14H23NO4.